The van der Waals surface area contributed by atoms with Crippen molar-refractivity contribution >= 4 is 16.6 Å². The highest BCUT2D eigenvalue weighted by Gasteiger charge is 2.10. The van der Waals surface area contributed by atoms with Crippen LogP contribution in [0.1, 0.15) is 13.3 Å². The third kappa shape index (κ3) is 2.42. The summed E-state index contributed by atoms with van der Waals surface area (Å²) in [4.78, 5) is 0. The molecule has 0 bridgehead atoms. The fourth-order valence-corrected chi connectivity index (χ4v) is 2.84. The minimum Gasteiger partial charge on any atom is -0.494 e. The number of nitrogens with zero attached hydrogens (tertiary/aromatic N) is 3. The van der Waals surface area contributed by atoms with Gasteiger partial charge in [0.15, 0.2) is 5.65 Å². The largest absolute Gasteiger partial charge is 0.494 e. The van der Waals surface area contributed by atoms with Crippen molar-refractivity contribution in [1.82, 2.24) is 14.6 Å². The number of hydrogen-bond donors (Lipinski definition) is 0. The predicted molar refractivity (Wildman–Crippen MR) is 91.7 cm³/mol. The zero-order chi connectivity index (χ0) is 15.6. The van der Waals surface area contributed by atoms with Gasteiger partial charge in [-0.2, -0.15) is 0 Å². The van der Waals surface area contributed by atoms with Crippen molar-refractivity contribution in [2.24, 2.45) is 0 Å². The summed E-state index contributed by atoms with van der Waals surface area (Å²) in [6, 6.07) is 18.6. The number of hydrogen-bond acceptors (Lipinski definition) is 3. The van der Waals surface area contributed by atoms with E-state index < -0.39 is 0 Å². The van der Waals surface area contributed by atoms with Crippen molar-refractivity contribution in [1.29, 1.82) is 0 Å². The van der Waals surface area contributed by atoms with Crippen LogP contribution in [0.3, 0.4) is 0 Å². The summed E-state index contributed by atoms with van der Waals surface area (Å²) >= 11 is 0. The Kier molecular flexibility index (Phi) is 3.42. The van der Waals surface area contributed by atoms with E-state index in [4.69, 9.17) is 4.74 Å². The minimum atomic E-state index is 0.723. The lowest BCUT2D eigenvalue weighted by Crippen LogP contribution is -1.96. The lowest BCUT2D eigenvalue weighted by Gasteiger charge is -2.11. The molecule has 4 rings (SSSR count). The monoisotopic (exact) mass is 303 g/mol. The van der Waals surface area contributed by atoms with Crippen LogP contribution in [0.15, 0.2) is 60.9 Å². The number of benzene rings is 2. The molecule has 0 unspecified atom stereocenters. The van der Waals surface area contributed by atoms with E-state index in [-0.39, 0.29) is 0 Å². The highest BCUT2D eigenvalue weighted by atomic mass is 16.5. The molecular weight excluding hydrogens is 286 g/mol. The first-order valence-electron chi connectivity index (χ1n) is 7.81. The Bertz CT molecular complexity index is 960. The van der Waals surface area contributed by atoms with Gasteiger partial charge in [-0.05, 0) is 41.8 Å². The van der Waals surface area contributed by atoms with Crippen molar-refractivity contribution in [2.45, 2.75) is 13.3 Å². The smallest absolute Gasteiger partial charge is 0.161 e. The lowest BCUT2D eigenvalue weighted by atomic mass is 10.0. The maximum atomic E-state index is 5.81. The third-order valence-corrected chi connectivity index (χ3v) is 3.92. The van der Waals surface area contributed by atoms with Crippen LogP contribution in [-0.2, 0) is 0 Å². The Morgan fingerprint density at radius 1 is 1.04 bits per heavy atom. The molecular formula is C19H17N3O. The van der Waals surface area contributed by atoms with Crippen LogP contribution in [0.5, 0.6) is 5.75 Å². The first kappa shape index (κ1) is 13.8. The Morgan fingerprint density at radius 2 is 1.91 bits per heavy atom. The Morgan fingerprint density at radius 3 is 2.74 bits per heavy atom. The molecule has 0 aliphatic rings. The number of aromatic nitrogens is 3. The molecule has 0 N–H and O–H groups in total. The molecule has 2 aromatic carbocycles. The molecule has 4 heteroatoms. The van der Waals surface area contributed by atoms with E-state index in [0.717, 1.165) is 46.5 Å². The van der Waals surface area contributed by atoms with E-state index in [0.29, 0.717) is 0 Å². The zero-order valence-electron chi connectivity index (χ0n) is 12.9. The second-order valence-corrected chi connectivity index (χ2v) is 5.51. The van der Waals surface area contributed by atoms with Gasteiger partial charge in [0, 0.05) is 5.39 Å². The van der Waals surface area contributed by atoms with Gasteiger partial charge in [-0.3, -0.25) is 4.40 Å². The normalized spacial score (nSPS) is 11.2. The molecule has 23 heavy (non-hydrogen) atoms. The minimum absolute atomic E-state index is 0.723. The van der Waals surface area contributed by atoms with Crippen LogP contribution < -0.4 is 4.74 Å². The Balaban J connectivity index is 2.00. The molecule has 114 valence electrons. The van der Waals surface area contributed by atoms with E-state index in [1.807, 2.05) is 28.7 Å². The van der Waals surface area contributed by atoms with Gasteiger partial charge in [0.2, 0.25) is 0 Å². The van der Waals surface area contributed by atoms with Gasteiger partial charge in [-0.15, -0.1) is 10.2 Å². The van der Waals surface area contributed by atoms with Crippen LogP contribution >= 0.6 is 0 Å². The molecule has 0 radical (unpaired) electrons. The highest BCUT2D eigenvalue weighted by Crippen LogP contribution is 2.32. The van der Waals surface area contributed by atoms with Crippen molar-refractivity contribution < 1.29 is 4.74 Å². The summed E-state index contributed by atoms with van der Waals surface area (Å²) in [5.74, 6) is 0.893. The van der Waals surface area contributed by atoms with Crippen LogP contribution in [0.25, 0.3) is 27.7 Å². The Hall–Kier alpha value is -2.88. The lowest BCUT2D eigenvalue weighted by molar-refractivity contribution is 0.318. The predicted octanol–water partition coefficient (Wildman–Crippen LogP) is 4.34. The van der Waals surface area contributed by atoms with Gasteiger partial charge >= 0.3 is 0 Å². The fourth-order valence-electron chi connectivity index (χ4n) is 2.84. The second kappa shape index (κ2) is 5.72. The number of pyridine rings is 1. The molecule has 0 fully saturated rings. The summed E-state index contributed by atoms with van der Waals surface area (Å²) in [6.45, 7) is 2.83. The molecule has 0 atom stereocenters. The van der Waals surface area contributed by atoms with Crippen molar-refractivity contribution in [3.05, 3.63) is 60.9 Å². The quantitative estimate of drug-likeness (QED) is 0.563. The molecule has 0 aliphatic carbocycles. The molecule has 0 spiro atoms. The topological polar surface area (TPSA) is 39.4 Å². The molecule has 2 heterocycles. The molecule has 0 aliphatic heterocycles. The van der Waals surface area contributed by atoms with Crippen molar-refractivity contribution in [3.63, 3.8) is 0 Å². The average molecular weight is 303 g/mol. The van der Waals surface area contributed by atoms with Crippen molar-refractivity contribution in [2.75, 3.05) is 6.61 Å². The van der Waals surface area contributed by atoms with Gasteiger partial charge in [0.05, 0.1) is 12.1 Å². The molecule has 0 saturated heterocycles. The number of rotatable bonds is 4. The molecule has 2 aromatic heterocycles. The highest BCUT2D eigenvalue weighted by molar-refractivity contribution is 5.97. The summed E-state index contributed by atoms with van der Waals surface area (Å²) in [5.41, 5.74) is 4.23. The van der Waals surface area contributed by atoms with Gasteiger partial charge in [-0.25, -0.2) is 0 Å². The summed E-state index contributed by atoms with van der Waals surface area (Å²) < 4.78 is 7.81. The maximum Gasteiger partial charge on any atom is 0.161 e. The van der Waals surface area contributed by atoms with Crippen LogP contribution in [0.4, 0.5) is 0 Å². The standard InChI is InChI=1S/C19H17N3O/c1-2-10-23-15-8-9-18-17(11-15)16(14-6-4-3-5-7-14)12-19-21-20-13-22(18)19/h3-9,11-13H,2,10H2,1H3. The van der Waals surface area contributed by atoms with E-state index in [2.05, 4.69) is 47.5 Å². The van der Waals surface area contributed by atoms with E-state index >= 15 is 0 Å². The molecule has 4 aromatic rings. The van der Waals surface area contributed by atoms with Gasteiger partial charge < -0.3 is 4.74 Å². The van der Waals surface area contributed by atoms with Gasteiger partial charge in [0.1, 0.15) is 12.1 Å². The van der Waals surface area contributed by atoms with E-state index in [9.17, 15) is 0 Å². The van der Waals surface area contributed by atoms with Crippen LogP contribution in [0.2, 0.25) is 0 Å². The number of fused-ring (bicyclic) bond motifs is 3. The van der Waals surface area contributed by atoms with Crippen LogP contribution in [0, 0.1) is 0 Å². The Labute approximate surface area is 134 Å². The van der Waals surface area contributed by atoms with Crippen LogP contribution in [-0.4, -0.2) is 21.2 Å². The van der Waals surface area contributed by atoms with Gasteiger partial charge in [0.25, 0.3) is 0 Å². The zero-order valence-corrected chi connectivity index (χ0v) is 12.9. The van der Waals surface area contributed by atoms with E-state index in [1.54, 1.807) is 6.33 Å². The first-order valence-corrected chi connectivity index (χ1v) is 7.81. The molecule has 0 saturated carbocycles. The fraction of sp³-hybridized carbons (Fsp3) is 0.158. The van der Waals surface area contributed by atoms with E-state index in [1.165, 1.54) is 0 Å². The second-order valence-electron chi connectivity index (χ2n) is 5.51. The maximum absolute atomic E-state index is 5.81. The SMILES string of the molecule is CCCOc1ccc2c(c1)c(-c1ccccc1)cc1nncn12. The summed E-state index contributed by atoms with van der Waals surface area (Å²) in [5, 5.41) is 9.38. The first-order chi connectivity index (χ1) is 11.4. The van der Waals surface area contributed by atoms with Crippen molar-refractivity contribution in [3.8, 4) is 16.9 Å². The van der Waals surface area contributed by atoms with Gasteiger partial charge in [-0.1, -0.05) is 37.3 Å². The molecule has 4 nitrogen and oxygen atoms in total. The molecule has 0 amide bonds. The average Bonchev–Trinajstić information content (AvgIpc) is 3.08. The summed E-state index contributed by atoms with van der Waals surface area (Å²) in [7, 11) is 0. The number of ether oxygens (including phenoxy) is 1. The summed E-state index contributed by atoms with van der Waals surface area (Å²) in [6.07, 6.45) is 2.74. The third-order valence-electron chi connectivity index (χ3n) is 3.92.